The molecule has 1 aliphatic heterocycles. The first-order valence-electron chi connectivity index (χ1n) is 8.55. The highest BCUT2D eigenvalue weighted by Gasteiger charge is 2.29. The van der Waals surface area contributed by atoms with Crippen LogP contribution >= 0.6 is 15.9 Å². The average Bonchev–Trinajstić information content (AvgIpc) is 3.23. The summed E-state index contributed by atoms with van der Waals surface area (Å²) in [6, 6.07) is 19.4. The maximum Gasteiger partial charge on any atom is 0.280 e. The average molecular weight is 421 g/mol. The van der Waals surface area contributed by atoms with E-state index in [0.717, 1.165) is 27.0 Å². The van der Waals surface area contributed by atoms with Crippen molar-refractivity contribution in [2.24, 2.45) is 5.10 Å². The van der Waals surface area contributed by atoms with Gasteiger partial charge in [-0.3, -0.25) is 4.79 Å². The molecule has 0 fully saturated rings. The molecule has 0 N–H and O–H groups in total. The minimum atomic E-state index is -0.153. The van der Waals surface area contributed by atoms with Gasteiger partial charge in [0.25, 0.3) is 5.91 Å². The van der Waals surface area contributed by atoms with Gasteiger partial charge in [0.15, 0.2) is 0 Å². The maximum absolute atomic E-state index is 12.8. The highest BCUT2D eigenvalue weighted by atomic mass is 79.9. The standard InChI is InChI=1S/C22H17BrN2O2/c1-14-4-3-5-18(12-14)25-22(26)20(15(2)24-25)13-19-10-11-21(27-19)16-6-8-17(23)9-7-16/h3-13H,1-2H3/b20-13-. The molecule has 4 nitrogen and oxygen atoms in total. The Morgan fingerprint density at radius 1 is 1.04 bits per heavy atom. The zero-order valence-corrected chi connectivity index (χ0v) is 16.5. The number of anilines is 1. The third-order valence-corrected chi connectivity index (χ3v) is 4.88. The Morgan fingerprint density at radius 3 is 2.56 bits per heavy atom. The fourth-order valence-corrected chi connectivity index (χ4v) is 3.23. The van der Waals surface area contributed by atoms with E-state index in [-0.39, 0.29) is 5.91 Å². The summed E-state index contributed by atoms with van der Waals surface area (Å²) < 4.78 is 6.92. The third kappa shape index (κ3) is 3.51. The summed E-state index contributed by atoms with van der Waals surface area (Å²) in [4.78, 5) is 12.8. The van der Waals surface area contributed by atoms with E-state index in [1.807, 2.05) is 74.5 Å². The first kappa shape index (κ1) is 17.5. The number of carbonyl (C=O) groups excluding carboxylic acids is 1. The molecule has 0 spiro atoms. The van der Waals surface area contributed by atoms with Crippen molar-refractivity contribution in [1.82, 2.24) is 0 Å². The summed E-state index contributed by atoms with van der Waals surface area (Å²) in [5, 5.41) is 5.86. The van der Waals surface area contributed by atoms with Crippen molar-refractivity contribution in [1.29, 1.82) is 0 Å². The summed E-state index contributed by atoms with van der Waals surface area (Å²) in [5.74, 6) is 1.22. The lowest BCUT2D eigenvalue weighted by atomic mass is 10.1. The number of carbonyl (C=O) groups is 1. The van der Waals surface area contributed by atoms with E-state index in [2.05, 4.69) is 21.0 Å². The first-order chi connectivity index (χ1) is 13.0. The van der Waals surface area contributed by atoms with Crippen LogP contribution in [0.25, 0.3) is 17.4 Å². The Bertz CT molecular complexity index is 1080. The van der Waals surface area contributed by atoms with Crippen molar-refractivity contribution in [2.75, 3.05) is 5.01 Å². The second-order valence-electron chi connectivity index (χ2n) is 6.41. The topological polar surface area (TPSA) is 45.8 Å². The number of rotatable bonds is 3. The molecule has 0 unspecified atom stereocenters. The van der Waals surface area contributed by atoms with Crippen LogP contribution in [-0.2, 0) is 4.79 Å². The number of amides is 1. The van der Waals surface area contributed by atoms with Gasteiger partial charge >= 0.3 is 0 Å². The van der Waals surface area contributed by atoms with Gasteiger partial charge in [-0.1, -0.05) is 40.2 Å². The van der Waals surface area contributed by atoms with Crippen LogP contribution in [0, 0.1) is 6.92 Å². The summed E-state index contributed by atoms with van der Waals surface area (Å²) >= 11 is 3.43. The minimum absolute atomic E-state index is 0.153. The predicted octanol–water partition coefficient (Wildman–Crippen LogP) is 5.82. The molecule has 1 aromatic heterocycles. The summed E-state index contributed by atoms with van der Waals surface area (Å²) in [5.41, 5.74) is 4.03. The van der Waals surface area contributed by atoms with E-state index >= 15 is 0 Å². The van der Waals surface area contributed by atoms with Crippen molar-refractivity contribution in [3.63, 3.8) is 0 Å². The molecule has 3 aromatic rings. The number of halogens is 1. The van der Waals surface area contributed by atoms with Gasteiger partial charge in [0.1, 0.15) is 11.5 Å². The SMILES string of the molecule is CC1=NN(c2cccc(C)c2)C(=O)/C1=C\c1ccc(-c2ccc(Br)cc2)o1. The molecule has 27 heavy (non-hydrogen) atoms. The fraction of sp³-hybridized carbons (Fsp3) is 0.0909. The quantitative estimate of drug-likeness (QED) is 0.500. The molecular formula is C22H17BrN2O2. The van der Waals surface area contributed by atoms with Crippen LogP contribution in [0.5, 0.6) is 0 Å². The van der Waals surface area contributed by atoms with Crippen LogP contribution in [0.3, 0.4) is 0 Å². The number of hydrogen-bond donors (Lipinski definition) is 0. The molecule has 5 heteroatoms. The Balaban J connectivity index is 1.62. The van der Waals surface area contributed by atoms with Crippen LogP contribution in [0.4, 0.5) is 5.69 Å². The molecule has 0 saturated carbocycles. The van der Waals surface area contributed by atoms with Gasteiger partial charge in [-0.05, 0) is 61.9 Å². The molecule has 0 saturated heterocycles. The van der Waals surface area contributed by atoms with E-state index in [1.54, 1.807) is 6.08 Å². The predicted molar refractivity (Wildman–Crippen MR) is 112 cm³/mol. The summed E-state index contributed by atoms with van der Waals surface area (Å²) in [7, 11) is 0. The highest BCUT2D eigenvalue weighted by molar-refractivity contribution is 9.10. The molecule has 1 aliphatic rings. The lowest BCUT2D eigenvalue weighted by Gasteiger charge is -2.12. The van der Waals surface area contributed by atoms with Crippen molar-refractivity contribution in [3.8, 4) is 11.3 Å². The van der Waals surface area contributed by atoms with Gasteiger partial charge in [-0.2, -0.15) is 10.1 Å². The lowest BCUT2D eigenvalue weighted by Crippen LogP contribution is -2.21. The smallest absolute Gasteiger partial charge is 0.280 e. The number of aryl methyl sites for hydroxylation is 1. The fourth-order valence-electron chi connectivity index (χ4n) is 2.96. The molecule has 2 aromatic carbocycles. The molecule has 0 aliphatic carbocycles. The van der Waals surface area contributed by atoms with Crippen LogP contribution in [0.1, 0.15) is 18.2 Å². The van der Waals surface area contributed by atoms with Crippen molar-refractivity contribution in [2.45, 2.75) is 13.8 Å². The molecule has 0 radical (unpaired) electrons. The van der Waals surface area contributed by atoms with Gasteiger partial charge in [-0.15, -0.1) is 0 Å². The third-order valence-electron chi connectivity index (χ3n) is 4.35. The molecular weight excluding hydrogens is 404 g/mol. The first-order valence-corrected chi connectivity index (χ1v) is 9.35. The second kappa shape index (κ2) is 7.00. The van der Waals surface area contributed by atoms with Gasteiger partial charge in [0, 0.05) is 10.0 Å². The van der Waals surface area contributed by atoms with Gasteiger partial charge in [-0.25, -0.2) is 0 Å². The van der Waals surface area contributed by atoms with Crippen molar-refractivity contribution in [3.05, 3.63) is 82.0 Å². The normalized spacial score (nSPS) is 15.5. The zero-order chi connectivity index (χ0) is 19.0. The molecule has 4 rings (SSSR count). The Hall–Kier alpha value is -2.92. The molecule has 0 atom stereocenters. The molecule has 134 valence electrons. The monoisotopic (exact) mass is 420 g/mol. The van der Waals surface area contributed by atoms with E-state index in [4.69, 9.17) is 4.42 Å². The van der Waals surface area contributed by atoms with Crippen LogP contribution < -0.4 is 5.01 Å². The zero-order valence-electron chi connectivity index (χ0n) is 14.9. The number of furan rings is 1. The number of hydrazone groups is 1. The molecule has 0 bridgehead atoms. The molecule has 2 heterocycles. The van der Waals surface area contributed by atoms with Crippen molar-refractivity contribution >= 4 is 39.3 Å². The maximum atomic E-state index is 12.8. The number of nitrogens with zero attached hydrogens (tertiary/aromatic N) is 2. The van der Waals surface area contributed by atoms with Gasteiger partial charge in [0.05, 0.1) is 17.0 Å². The number of benzene rings is 2. The van der Waals surface area contributed by atoms with Crippen molar-refractivity contribution < 1.29 is 9.21 Å². The summed E-state index contributed by atoms with van der Waals surface area (Å²) in [6.07, 6.45) is 1.75. The second-order valence-corrected chi connectivity index (χ2v) is 7.32. The Labute approximate surface area is 165 Å². The number of hydrogen-bond acceptors (Lipinski definition) is 3. The minimum Gasteiger partial charge on any atom is -0.457 e. The Morgan fingerprint density at radius 2 is 1.81 bits per heavy atom. The van der Waals surface area contributed by atoms with E-state index in [1.165, 1.54) is 5.01 Å². The van der Waals surface area contributed by atoms with Gasteiger partial charge < -0.3 is 4.42 Å². The van der Waals surface area contributed by atoms with Crippen LogP contribution in [0.2, 0.25) is 0 Å². The lowest BCUT2D eigenvalue weighted by molar-refractivity contribution is -0.114. The highest BCUT2D eigenvalue weighted by Crippen LogP contribution is 2.28. The van der Waals surface area contributed by atoms with Gasteiger partial charge in [0.2, 0.25) is 0 Å². The largest absolute Gasteiger partial charge is 0.457 e. The van der Waals surface area contributed by atoms with E-state index in [0.29, 0.717) is 17.0 Å². The molecule has 1 amide bonds. The van der Waals surface area contributed by atoms with E-state index in [9.17, 15) is 4.79 Å². The Kier molecular flexibility index (Phi) is 4.54. The van der Waals surface area contributed by atoms with E-state index < -0.39 is 0 Å². The van der Waals surface area contributed by atoms with Crippen LogP contribution in [-0.4, -0.2) is 11.6 Å². The summed E-state index contributed by atoms with van der Waals surface area (Å²) in [6.45, 7) is 3.82. The van der Waals surface area contributed by atoms with Crippen LogP contribution in [0.15, 0.2) is 80.2 Å².